The van der Waals surface area contributed by atoms with Crippen LogP contribution in [0.25, 0.3) is 0 Å². The molecule has 0 aromatic carbocycles. The molecule has 1 unspecified atom stereocenters. The smallest absolute Gasteiger partial charge is 0.0385 e. The van der Waals surface area contributed by atoms with Crippen LogP contribution < -0.4 is 0 Å². The fourth-order valence-electron chi connectivity index (χ4n) is 2.76. The van der Waals surface area contributed by atoms with E-state index in [9.17, 15) is 0 Å². The first-order valence-electron chi connectivity index (χ1n) is 9.85. The van der Waals surface area contributed by atoms with Gasteiger partial charge in [-0.25, -0.2) is 0 Å². The molecule has 0 spiro atoms. The van der Waals surface area contributed by atoms with Crippen LogP contribution in [0.1, 0.15) is 111 Å². The molecule has 0 fully saturated rings. The Bertz CT molecular complexity index is 210. The lowest BCUT2D eigenvalue weighted by atomic mass is 10.0. The minimum Gasteiger partial charge on any atom is -0.297 e. The third kappa shape index (κ3) is 15.9. The van der Waals surface area contributed by atoms with E-state index in [2.05, 4.69) is 32.0 Å². The number of hydrogen-bond donors (Lipinski definition) is 0. The minimum atomic E-state index is 0.730. The van der Waals surface area contributed by atoms with E-state index in [1.54, 1.807) is 0 Å². The highest BCUT2D eigenvalue weighted by atomic mass is 14.7. The Morgan fingerprint density at radius 2 is 1.19 bits per heavy atom. The second-order valence-electron chi connectivity index (χ2n) is 6.55. The van der Waals surface area contributed by atoms with Crippen LogP contribution in [-0.4, -0.2) is 12.8 Å². The van der Waals surface area contributed by atoms with E-state index >= 15 is 0 Å². The number of hydrogen-bond acceptors (Lipinski definition) is 1. The van der Waals surface area contributed by atoms with Gasteiger partial charge in [-0.2, -0.15) is 0 Å². The number of rotatable bonds is 16. The molecule has 0 rings (SSSR count). The molecule has 0 heterocycles. The van der Waals surface area contributed by atoms with Crippen LogP contribution in [0.3, 0.4) is 0 Å². The summed E-state index contributed by atoms with van der Waals surface area (Å²) in [4.78, 5) is 4.64. The van der Waals surface area contributed by atoms with Gasteiger partial charge in [-0.1, -0.05) is 91.4 Å². The van der Waals surface area contributed by atoms with Crippen LogP contribution in [-0.2, 0) is 0 Å². The normalized spacial score (nSPS) is 13.1. The van der Waals surface area contributed by atoms with Crippen molar-refractivity contribution in [2.24, 2.45) is 10.9 Å². The Kier molecular flexibility index (Phi) is 17.4. The van der Waals surface area contributed by atoms with E-state index in [-0.39, 0.29) is 0 Å². The fourth-order valence-corrected chi connectivity index (χ4v) is 2.76. The first-order valence-corrected chi connectivity index (χ1v) is 9.85. The molecular weight excluding hydrogens is 254 g/mol. The zero-order valence-electron chi connectivity index (χ0n) is 15.2. The van der Waals surface area contributed by atoms with Crippen LogP contribution in [0.15, 0.2) is 4.99 Å². The highest BCUT2D eigenvalue weighted by Crippen LogP contribution is 2.11. The lowest BCUT2D eigenvalue weighted by molar-refractivity contribution is 0.556. The summed E-state index contributed by atoms with van der Waals surface area (Å²) in [6.45, 7) is 7.90. The molecule has 0 saturated carbocycles. The predicted molar refractivity (Wildman–Crippen MR) is 98.5 cm³/mol. The summed E-state index contributed by atoms with van der Waals surface area (Å²) in [6.07, 6.45) is 21.6. The van der Waals surface area contributed by atoms with E-state index in [0.717, 1.165) is 12.5 Å². The molecular formula is C20H41N. The van der Waals surface area contributed by atoms with Crippen LogP contribution in [0.4, 0.5) is 0 Å². The summed E-state index contributed by atoms with van der Waals surface area (Å²) >= 11 is 0. The summed E-state index contributed by atoms with van der Waals surface area (Å²) in [7, 11) is 0. The maximum absolute atomic E-state index is 4.64. The van der Waals surface area contributed by atoms with Gasteiger partial charge in [0, 0.05) is 12.8 Å². The summed E-state index contributed by atoms with van der Waals surface area (Å²) in [5, 5.41) is 0. The Labute approximate surface area is 135 Å². The van der Waals surface area contributed by atoms with Gasteiger partial charge in [0.05, 0.1) is 0 Å². The first kappa shape index (κ1) is 20.7. The quantitative estimate of drug-likeness (QED) is 0.211. The second-order valence-corrected chi connectivity index (χ2v) is 6.55. The van der Waals surface area contributed by atoms with E-state index in [0.29, 0.717) is 0 Å². The summed E-state index contributed by atoms with van der Waals surface area (Å²) in [5.41, 5.74) is 0. The third-order valence-electron chi connectivity index (χ3n) is 4.41. The molecule has 0 N–H and O–H groups in total. The van der Waals surface area contributed by atoms with Gasteiger partial charge in [0.2, 0.25) is 0 Å². The molecule has 0 aliphatic rings. The van der Waals surface area contributed by atoms with Crippen LogP contribution >= 0.6 is 0 Å². The van der Waals surface area contributed by atoms with Crippen LogP contribution in [0, 0.1) is 5.92 Å². The Morgan fingerprint density at radius 3 is 1.71 bits per heavy atom. The van der Waals surface area contributed by atoms with Crippen molar-refractivity contribution in [3.8, 4) is 0 Å². The van der Waals surface area contributed by atoms with Gasteiger partial charge in [-0.3, -0.25) is 4.99 Å². The van der Waals surface area contributed by atoms with E-state index < -0.39 is 0 Å². The van der Waals surface area contributed by atoms with Crippen LogP contribution in [0.2, 0.25) is 0 Å². The van der Waals surface area contributed by atoms with Crippen molar-refractivity contribution in [1.29, 1.82) is 0 Å². The average Bonchev–Trinajstić information content (AvgIpc) is 2.51. The lowest BCUT2D eigenvalue weighted by Gasteiger charge is -2.07. The molecule has 0 aliphatic carbocycles. The zero-order chi connectivity index (χ0) is 15.6. The van der Waals surface area contributed by atoms with Gasteiger partial charge < -0.3 is 0 Å². The molecule has 21 heavy (non-hydrogen) atoms. The van der Waals surface area contributed by atoms with Gasteiger partial charge in [0.1, 0.15) is 0 Å². The molecule has 0 amide bonds. The summed E-state index contributed by atoms with van der Waals surface area (Å²) in [6, 6.07) is 0. The maximum atomic E-state index is 4.64. The van der Waals surface area contributed by atoms with Crippen molar-refractivity contribution in [2.45, 2.75) is 111 Å². The molecule has 0 aromatic rings. The molecule has 1 atom stereocenters. The largest absolute Gasteiger partial charge is 0.297 e. The summed E-state index contributed by atoms with van der Waals surface area (Å²) < 4.78 is 0. The topological polar surface area (TPSA) is 12.4 Å². The van der Waals surface area contributed by atoms with Crippen LogP contribution in [0.5, 0.6) is 0 Å². The Hall–Kier alpha value is -0.330. The maximum Gasteiger partial charge on any atom is 0.0385 e. The molecule has 0 saturated heterocycles. The summed E-state index contributed by atoms with van der Waals surface area (Å²) in [5.74, 6) is 0.730. The Balaban J connectivity index is 3.27. The van der Waals surface area contributed by atoms with E-state index in [1.807, 2.05) is 0 Å². The molecule has 0 aromatic heterocycles. The van der Waals surface area contributed by atoms with Crippen molar-refractivity contribution >= 4 is 6.21 Å². The molecule has 0 radical (unpaired) electrons. The van der Waals surface area contributed by atoms with E-state index in [1.165, 1.54) is 89.9 Å². The molecule has 0 aliphatic heterocycles. The standard InChI is InChI=1S/C20H41N/c1-4-7-9-10-11-12-13-14-15-16-18-21-19-20(6-3)17-8-5-2/h19-20H,4-18H2,1-3H3. The minimum absolute atomic E-state index is 0.730. The van der Waals surface area contributed by atoms with Crippen molar-refractivity contribution in [3.63, 3.8) is 0 Å². The predicted octanol–water partition coefficient (Wildman–Crippen LogP) is 7.19. The molecule has 1 heteroatoms. The lowest BCUT2D eigenvalue weighted by Crippen LogP contribution is -2.00. The highest BCUT2D eigenvalue weighted by molar-refractivity contribution is 5.60. The van der Waals surface area contributed by atoms with Crippen molar-refractivity contribution < 1.29 is 0 Å². The first-order chi connectivity index (χ1) is 10.3. The third-order valence-corrected chi connectivity index (χ3v) is 4.41. The average molecular weight is 296 g/mol. The fraction of sp³-hybridized carbons (Fsp3) is 0.950. The number of aliphatic imine (C=N–C) groups is 1. The second kappa shape index (κ2) is 17.7. The van der Waals surface area contributed by atoms with Crippen molar-refractivity contribution in [3.05, 3.63) is 0 Å². The van der Waals surface area contributed by atoms with Gasteiger partial charge in [-0.05, 0) is 25.2 Å². The van der Waals surface area contributed by atoms with Gasteiger partial charge in [0.15, 0.2) is 0 Å². The number of nitrogens with zero attached hydrogens (tertiary/aromatic N) is 1. The van der Waals surface area contributed by atoms with Crippen molar-refractivity contribution in [1.82, 2.24) is 0 Å². The van der Waals surface area contributed by atoms with Gasteiger partial charge >= 0.3 is 0 Å². The molecule has 1 nitrogen and oxygen atoms in total. The number of unbranched alkanes of at least 4 members (excludes halogenated alkanes) is 10. The molecule has 0 bridgehead atoms. The Morgan fingerprint density at radius 1 is 0.667 bits per heavy atom. The highest BCUT2D eigenvalue weighted by Gasteiger charge is 2.00. The molecule has 126 valence electrons. The zero-order valence-corrected chi connectivity index (χ0v) is 15.2. The van der Waals surface area contributed by atoms with Crippen molar-refractivity contribution in [2.75, 3.05) is 6.54 Å². The SMILES string of the molecule is CCCCCCCCCCCCN=CC(CC)CCCC. The monoisotopic (exact) mass is 295 g/mol. The van der Waals surface area contributed by atoms with Gasteiger partial charge in [0.25, 0.3) is 0 Å². The van der Waals surface area contributed by atoms with Gasteiger partial charge in [-0.15, -0.1) is 0 Å². The van der Waals surface area contributed by atoms with E-state index in [4.69, 9.17) is 0 Å².